The molecule has 0 aromatic rings. The molecule has 0 N–H and O–H groups in total. The molecule has 0 saturated carbocycles. The predicted molar refractivity (Wildman–Crippen MR) is 27.0 cm³/mol. The molecule has 2 rings (SSSR count). The highest BCUT2D eigenvalue weighted by Crippen LogP contribution is 2.27. The monoisotopic (exact) mass is 96.1 g/mol. The minimum atomic E-state index is 0.491. The van der Waals surface area contributed by atoms with Crippen LogP contribution < -0.4 is 0 Å². The average molecular weight is 96.1 g/mol. The zero-order chi connectivity index (χ0) is 4.69. The summed E-state index contributed by atoms with van der Waals surface area (Å²) >= 11 is 0. The van der Waals surface area contributed by atoms with E-state index in [9.17, 15) is 0 Å². The largest absolute Gasteiger partial charge is 0.374 e. The molecule has 38 valence electrons. The highest BCUT2D eigenvalue weighted by Gasteiger charge is 2.26. The zero-order valence-electron chi connectivity index (χ0n) is 4.13. The topological polar surface area (TPSA) is 9.23 Å². The van der Waals surface area contributed by atoms with Gasteiger partial charge in [-0.2, -0.15) is 0 Å². The summed E-state index contributed by atoms with van der Waals surface area (Å²) < 4.78 is 5.27. The van der Waals surface area contributed by atoms with Crippen molar-refractivity contribution in [1.82, 2.24) is 0 Å². The Hall–Kier alpha value is -0.300. The lowest BCUT2D eigenvalue weighted by Crippen LogP contribution is -1.99. The Bertz CT molecular complexity index is 94.7. The average Bonchev–Trinajstić information content (AvgIpc) is 2.22. The van der Waals surface area contributed by atoms with Crippen LogP contribution in [0.3, 0.4) is 0 Å². The van der Waals surface area contributed by atoms with Crippen LogP contribution in [-0.4, -0.2) is 12.7 Å². The summed E-state index contributed by atoms with van der Waals surface area (Å²) in [5.41, 5.74) is 0. The van der Waals surface area contributed by atoms with Gasteiger partial charge in [-0.15, -0.1) is 0 Å². The second kappa shape index (κ2) is 1.10. The minimum Gasteiger partial charge on any atom is -0.374 e. The van der Waals surface area contributed by atoms with Crippen molar-refractivity contribution in [3.8, 4) is 0 Å². The minimum absolute atomic E-state index is 0.491. The van der Waals surface area contributed by atoms with Gasteiger partial charge in [-0.05, 0) is 6.42 Å². The molecule has 0 spiro atoms. The molecule has 1 heteroatoms. The van der Waals surface area contributed by atoms with Crippen molar-refractivity contribution in [1.29, 1.82) is 0 Å². The molecule has 2 bridgehead atoms. The van der Waals surface area contributed by atoms with E-state index in [1.807, 2.05) is 0 Å². The number of hydrogen-bond donors (Lipinski definition) is 0. The third kappa shape index (κ3) is 0.416. The quantitative estimate of drug-likeness (QED) is 0.408. The SMILES string of the molecule is C1=CC2CC1CO2. The molecule has 1 nitrogen and oxygen atoms in total. The zero-order valence-corrected chi connectivity index (χ0v) is 4.13. The third-order valence-corrected chi connectivity index (χ3v) is 1.66. The van der Waals surface area contributed by atoms with Crippen molar-refractivity contribution in [3.63, 3.8) is 0 Å². The van der Waals surface area contributed by atoms with E-state index >= 15 is 0 Å². The summed E-state index contributed by atoms with van der Waals surface area (Å²) in [6.07, 6.45) is 6.16. The van der Waals surface area contributed by atoms with Crippen molar-refractivity contribution < 1.29 is 4.74 Å². The van der Waals surface area contributed by atoms with Gasteiger partial charge in [-0.1, -0.05) is 12.2 Å². The highest BCUT2D eigenvalue weighted by atomic mass is 16.5. The Kier molecular flexibility index (Phi) is 0.577. The summed E-state index contributed by atoms with van der Waals surface area (Å²) in [6.45, 7) is 0.973. The van der Waals surface area contributed by atoms with Crippen LogP contribution in [-0.2, 0) is 4.74 Å². The van der Waals surface area contributed by atoms with Crippen molar-refractivity contribution >= 4 is 0 Å². The Morgan fingerprint density at radius 1 is 1.43 bits per heavy atom. The molecule has 2 aliphatic rings. The summed E-state index contributed by atoms with van der Waals surface area (Å²) in [5, 5.41) is 0. The van der Waals surface area contributed by atoms with E-state index in [-0.39, 0.29) is 0 Å². The van der Waals surface area contributed by atoms with E-state index < -0.39 is 0 Å². The Morgan fingerprint density at radius 3 is 2.57 bits per heavy atom. The number of ether oxygens (including phenoxy) is 1. The van der Waals surface area contributed by atoms with Crippen LogP contribution in [0.15, 0.2) is 12.2 Å². The van der Waals surface area contributed by atoms with E-state index in [4.69, 9.17) is 4.74 Å². The van der Waals surface area contributed by atoms with Gasteiger partial charge in [-0.3, -0.25) is 0 Å². The molecule has 0 amide bonds. The second-order valence-corrected chi connectivity index (χ2v) is 2.25. The summed E-state index contributed by atoms with van der Waals surface area (Å²) in [6, 6.07) is 0. The van der Waals surface area contributed by atoms with Crippen molar-refractivity contribution in [2.24, 2.45) is 5.92 Å². The smallest absolute Gasteiger partial charge is 0.0762 e. The molecule has 0 radical (unpaired) electrons. The molecule has 1 aliphatic carbocycles. The fraction of sp³-hybridized carbons (Fsp3) is 0.667. The fourth-order valence-corrected chi connectivity index (χ4v) is 1.23. The lowest BCUT2D eigenvalue weighted by Gasteiger charge is -2.00. The van der Waals surface area contributed by atoms with Gasteiger partial charge in [0.1, 0.15) is 0 Å². The van der Waals surface area contributed by atoms with E-state index in [2.05, 4.69) is 12.2 Å². The molecule has 1 fully saturated rings. The van der Waals surface area contributed by atoms with Crippen LogP contribution >= 0.6 is 0 Å². The lowest BCUT2D eigenvalue weighted by molar-refractivity contribution is 0.135. The summed E-state index contributed by atoms with van der Waals surface area (Å²) in [7, 11) is 0. The van der Waals surface area contributed by atoms with E-state index in [0.717, 1.165) is 12.5 Å². The van der Waals surface area contributed by atoms with Gasteiger partial charge in [0, 0.05) is 5.92 Å². The standard InChI is InChI=1S/C6H8O/c1-2-6-3-5(1)4-7-6/h1-2,5-6H,3-4H2. The van der Waals surface area contributed by atoms with Gasteiger partial charge < -0.3 is 4.74 Å². The van der Waals surface area contributed by atoms with E-state index in [1.165, 1.54) is 6.42 Å². The van der Waals surface area contributed by atoms with Crippen molar-refractivity contribution in [3.05, 3.63) is 12.2 Å². The molecule has 0 aromatic heterocycles. The predicted octanol–water partition coefficient (Wildman–Crippen LogP) is 0.961. The molecule has 2 atom stereocenters. The maximum absolute atomic E-state index is 5.27. The maximum atomic E-state index is 5.27. The lowest BCUT2D eigenvalue weighted by atomic mass is 10.2. The van der Waals surface area contributed by atoms with Crippen LogP contribution in [0.4, 0.5) is 0 Å². The normalized spacial score (nSPS) is 45.7. The van der Waals surface area contributed by atoms with E-state index in [0.29, 0.717) is 6.10 Å². The van der Waals surface area contributed by atoms with Crippen LogP contribution in [0, 0.1) is 5.92 Å². The van der Waals surface area contributed by atoms with Gasteiger partial charge in [-0.25, -0.2) is 0 Å². The first-order valence-electron chi connectivity index (χ1n) is 2.75. The molecule has 1 saturated heterocycles. The number of fused-ring (bicyclic) bond motifs is 2. The van der Waals surface area contributed by atoms with Crippen LogP contribution in [0.2, 0.25) is 0 Å². The van der Waals surface area contributed by atoms with Gasteiger partial charge in [0.05, 0.1) is 12.7 Å². The Labute approximate surface area is 43.0 Å². The Balaban J connectivity index is 2.27. The van der Waals surface area contributed by atoms with Crippen molar-refractivity contribution in [2.75, 3.05) is 6.61 Å². The molecule has 7 heavy (non-hydrogen) atoms. The van der Waals surface area contributed by atoms with Gasteiger partial charge in [0.2, 0.25) is 0 Å². The molecular weight excluding hydrogens is 88.1 g/mol. The second-order valence-electron chi connectivity index (χ2n) is 2.25. The fourth-order valence-electron chi connectivity index (χ4n) is 1.23. The first-order valence-corrected chi connectivity index (χ1v) is 2.75. The van der Waals surface area contributed by atoms with Crippen LogP contribution in [0.1, 0.15) is 6.42 Å². The molecule has 1 heterocycles. The first kappa shape index (κ1) is 3.67. The van der Waals surface area contributed by atoms with Gasteiger partial charge >= 0.3 is 0 Å². The van der Waals surface area contributed by atoms with Gasteiger partial charge in [0.15, 0.2) is 0 Å². The molecule has 1 aliphatic heterocycles. The third-order valence-electron chi connectivity index (χ3n) is 1.66. The maximum Gasteiger partial charge on any atom is 0.0762 e. The summed E-state index contributed by atoms with van der Waals surface area (Å²) in [5.74, 6) is 0.769. The molecule has 2 unspecified atom stereocenters. The Morgan fingerprint density at radius 2 is 2.43 bits per heavy atom. The number of rotatable bonds is 0. The van der Waals surface area contributed by atoms with Crippen LogP contribution in [0.25, 0.3) is 0 Å². The highest BCUT2D eigenvalue weighted by molar-refractivity contribution is 5.06. The van der Waals surface area contributed by atoms with Crippen LogP contribution in [0.5, 0.6) is 0 Å². The number of hydrogen-bond acceptors (Lipinski definition) is 1. The van der Waals surface area contributed by atoms with E-state index in [1.54, 1.807) is 0 Å². The first-order chi connectivity index (χ1) is 3.45. The van der Waals surface area contributed by atoms with Gasteiger partial charge in [0.25, 0.3) is 0 Å². The molecular formula is C6H8O. The molecule has 0 aromatic carbocycles. The summed E-state index contributed by atoms with van der Waals surface area (Å²) in [4.78, 5) is 0. The van der Waals surface area contributed by atoms with Crippen molar-refractivity contribution in [2.45, 2.75) is 12.5 Å².